The van der Waals surface area contributed by atoms with Crippen LogP contribution in [0.15, 0.2) is 29.8 Å². The minimum atomic E-state index is 0.172. The molecule has 0 aromatic heterocycles. The lowest BCUT2D eigenvalue weighted by atomic mass is 10.0. The van der Waals surface area contributed by atoms with Crippen LogP contribution in [0.4, 0.5) is 0 Å². The van der Waals surface area contributed by atoms with Gasteiger partial charge in [-0.3, -0.25) is 0 Å². The van der Waals surface area contributed by atoms with E-state index in [2.05, 4.69) is 6.08 Å². The molecule has 3 heteroatoms. The molecule has 1 aliphatic carbocycles. The summed E-state index contributed by atoms with van der Waals surface area (Å²) in [6.07, 6.45) is 7.67. The number of halogens is 3. The summed E-state index contributed by atoms with van der Waals surface area (Å²) in [6.45, 7) is 0. The smallest absolute Gasteiger partial charge is 0.0518 e. The van der Waals surface area contributed by atoms with Crippen molar-refractivity contribution in [3.8, 4) is 0 Å². The van der Waals surface area contributed by atoms with Crippen molar-refractivity contribution in [3.63, 3.8) is 0 Å². The Balaban J connectivity index is 2.16. The lowest BCUT2D eigenvalue weighted by molar-refractivity contribution is 0.710. The second-order valence-electron chi connectivity index (χ2n) is 4.50. The molecular weight excluding hydrogens is 275 g/mol. The highest BCUT2D eigenvalue weighted by Crippen LogP contribution is 2.28. The molecule has 1 aliphatic rings. The van der Waals surface area contributed by atoms with Crippen molar-refractivity contribution in [2.45, 2.75) is 37.5 Å². The molecule has 1 aromatic carbocycles. The SMILES string of the molecule is Clc1ccc(Cl)c(CC2=CC(Cl)CCCC2)c1. The molecule has 92 valence electrons. The van der Waals surface area contributed by atoms with Gasteiger partial charge in [-0.1, -0.05) is 41.3 Å². The van der Waals surface area contributed by atoms with E-state index in [1.54, 1.807) is 0 Å². The molecule has 0 bridgehead atoms. The molecule has 0 fully saturated rings. The molecule has 17 heavy (non-hydrogen) atoms. The van der Waals surface area contributed by atoms with Gasteiger partial charge < -0.3 is 0 Å². The predicted octanol–water partition coefficient (Wildman–Crippen LogP) is 5.64. The van der Waals surface area contributed by atoms with Crippen molar-refractivity contribution < 1.29 is 0 Å². The molecule has 0 saturated carbocycles. The molecule has 2 rings (SSSR count). The summed E-state index contributed by atoms with van der Waals surface area (Å²) >= 11 is 18.4. The zero-order chi connectivity index (χ0) is 12.3. The number of hydrogen-bond donors (Lipinski definition) is 0. The molecule has 0 N–H and O–H groups in total. The molecular formula is C14H15Cl3. The summed E-state index contributed by atoms with van der Waals surface area (Å²) in [7, 11) is 0. The molecule has 0 nitrogen and oxygen atoms in total. The largest absolute Gasteiger partial charge is 0.118 e. The van der Waals surface area contributed by atoms with E-state index in [9.17, 15) is 0 Å². The van der Waals surface area contributed by atoms with E-state index in [0.717, 1.165) is 34.9 Å². The van der Waals surface area contributed by atoms with Crippen LogP contribution in [0.1, 0.15) is 31.2 Å². The fourth-order valence-electron chi connectivity index (χ4n) is 2.18. The number of hydrogen-bond acceptors (Lipinski definition) is 0. The molecule has 0 amide bonds. The van der Waals surface area contributed by atoms with Gasteiger partial charge in [-0.05, 0) is 49.4 Å². The van der Waals surface area contributed by atoms with Gasteiger partial charge in [0.1, 0.15) is 0 Å². The van der Waals surface area contributed by atoms with Crippen LogP contribution >= 0.6 is 34.8 Å². The van der Waals surface area contributed by atoms with Crippen LogP contribution in [0, 0.1) is 0 Å². The molecule has 1 aromatic rings. The monoisotopic (exact) mass is 288 g/mol. The van der Waals surface area contributed by atoms with E-state index in [4.69, 9.17) is 34.8 Å². The highest BCUT2D eigenvalue weighted by Gasteiger charge is 2.11. The third-order valence-corrected chi connectivity index (χ3v) is 4.02. The molecule has 1 atom stereocenters. The number of allylic oxidation sites excluding steroid dienone is 2. The maximum Gasteiger partial charge on any atom is 0.0518 e. The lowest BCUT2D eigenvalue weighted by Gasteiger charge is -2.08. The van der Waals surface area contributed by atoms with E-state index < -0.39 is 0 Å². The van der Waals surface area contributed by atoms with Crippen LogP contribution in [-0.4, -0.2) is 5.38 Å². The molecule has 0 heterocycles. The van der Waals surface area contributed by atoms with Gasteiger partial charge in [0.25, 0.3) is 0 Å². The summed E-state index contributed by atoms with van der Waals surface area (Å²) in [5, 5.41) is 1.69. The Morgan fingerprint density at radius 2 is 2.00 bits per heavy atom. The number of rotatable bonds is 2. The van der Waals surface area contributed by atoms with Gasteiger partial charge in [-0.2, -0.15) is 0 Å². The van der Waals surface area contributed by atoms with Gasteiger partial charge in [0.05, 0.1) is 5.38 Å². The van der Waals surface area contributed by atoms with E-state index in [1.165, 1.54) is 18.4 Å². The molecule has 1 unspecified atom stereocenters. The van der Waals surface area contributed by atoms with E-state index in [-0.39, 0.29) is 5.38 Å². The summed E-state index contributed by atoms with van der Waals surface area (Å²) in [5.41, 5.74) is 2.47. The average Bonchev–Trinajstić information content (AvgIpc) is 2.48. The van der Waals surface area contributed by atoms with Gasteiger partial charge in [-0.15, -0.1) is 11.6 Å². The van der Waals surface area contributed by atoms with Crippen LogP contribution in [0.5, 0.6) is 0 Å². The second kappa shape index (κ2) is 6.13. The van der Waals surface area contributed by atoms with Crippen LogP contribution < -0.4 is 0 Å². The molecule has 0 spiro atoms. The van der Waals surface area contributed by atoms with Crippen molar-refractivity contribution in [2.75, 3.05) is 0 Å². The van der Waals surface area contributed by atoms with Crippen molar-refractivity contribution in [1.82, 2.24) is 0 Å². The summed E-state index contributed by atoms with van der Waals surface area (Å²) in [6, 6.07) is 5.62. The third kappa shape index (κ3) is 3.91. The number of alkyl halides is 1. The predicted molar refractivity (Wildman–Crippen MR) is 76.4 cm³/mol. The molecule has 0 radical (unpaired) electrons. The minimum absolute atomic E-state index is 0.172. The van der Waals surface area contributed by atoms with Gasteiger partial charge in [0.2, 0.25) is 0 Å². The highest BCUT2D eigenvalue weighted by atomic mass is 35.5. The second-order valence-corrected chi connectivity index (χ2v) is 5.90. The molecule has 0 aliphatic heterocycles. The van der Waals surface area contributed by atoms with Crippen LogP contribution in [0.2, 0.25) is 10.0 Å². The lowest BCUT2D eigenvalue weighted by Crippen LogP contribution is -1.95. The van der Waals surface area contributed by atoms with Gasteiger partial charge in [-0.25, -0.2) is 0 Å². The van der Waals surface area contributed by atoms with E-state index >= 15 is 0 Å². The normalized spacial score (nSPS) is 20.9. The highest BCUT2D eigenvalue weighted by molar-refractivity contribution is 6.33. The van der Waals surface area contributed by atoms with Crippen molar-refractivity contribution >= 4 is 34.8 Å². The Hall–Kier alpha value is -0.170. The standard InChI is InChI=1S/C14H15Cl3/c15-12-4-2-1-3-10(8-12)7-11-9-13(16)5-6-14(11)17/h5-6,8-9,12H,1-4,7H2. The fourth-order valence-corrected chi connectivity index (χ4v) is 2.90. The first-order chi connectivity index (χ1) is 8.15. The third-order valence-electron chi connectivity index (χ3n) is 3.07. The quantitative estimate of drug-likeness (QED) is 0.488. The molecule has 0 saturated heterocycles. The minimum Gasteiger partial charge on any atom is -0.118 e. The fraction of sp³-hybridized carbons (Fsp3) is 0.429. The Morgan fingerprint density at radius 1 is 1.18 bits per heavy atom. The Labute approximate surface area is 118 Å². The zero-order valence-corrected chi connectivity index (χ0v) is 11.8. The van der Waals surface area contributed by atoms with Gasteiger partial charge in [0.15, 0.2) is 0 Å². The number of benzene rings is 1. The summed E-state index contributed by atoms with van der Waals surface area (Å²) < 4.78 is 0. The van der Waals surface area contributed by atoms with Crippen LogP contribution in [0.3, 0.4) is 0 Å². The Kier molecular flexibility index (Phi) is 4.78. The van der Waals surface area contributed by atoms with E-state index in [0.29, 0.717) is 0 Å². The Morgan fingerprint density at radius 3 is 2.82 bits per heavy atom. The first-order valence-corrected chi connectivity index (χ1v) is 7.12. The summed E-state index contributed by atoms with van der Waals surface area (Å²) in [4.78, 5) is 0. The Bertz CT molecular complexity index is 423. The van der Waals surface area contributed by atoms with Crippen LogP contribution in [-0.2, 0) is 6.42 Å². The van der Waals surface area contributed by atoms with E-state index in [1.807, 2.05) is 18.2 Å². The topological polar surface area (TPSA) is 0 Å². The maximum absolute atomic E-state index is 6.22. The van der Waals surface area contributed by atoms with Gasteiger partial charge in [0, 0.05) is 10.0 Å². The average molecular weight is 290 g/mol. The van der Waals surface area contributed by atoms with Crippen molar-refractivity contribution in [3.05, 3.63) is 45.5 Å². The van der Waals surface area contributed by atoms with Crippen molar-refractivity contribution in [2.24, 2.45) is 0 Å². The first kappa shape index (κ1) is 13.3. The first-order valence-electron chi connectivity index (χ1n) is 5.93. The van der Waals surface area contributed by atoms with Crippen molar-refractivity contribution in [1.29, 1.82) is 0 Å². The van der Waals surface area contributed by atoms with Gasteiger partial charge >= 0.3 is 0 Å². The summed E-state index contributed by atoms with van der Waals surface area (Å²) in [5.74, 6) is 0. The van der Waals surface area contributed by atoms with Crippen LogP contribution in [0.25, 0.3) is 0 Å². The zero-order valence-electron chi connectivity index (χ0n) is 9.56. The maximum atomic E-state index is 6.22.